The van der Waals surface area contributed by atoms with E-state index in [9.17, 15) is 105 Å². The summed E-state index contributed by atoms with van der Waals surface area (Å²) in [5, 5.41) is 0. The Morgan fingerprint density at radius 3 is 0.722 bits per heavy atom. The minimum absolute atomic E-state index is 5.13. The second-order valence-electron chi connectivity index (χ2n) is 6.22. The summed E-state index contributed by atoms with van der Waals surface area (Å²) in [6.07, 6.45) is -15.3. The first-order chi connectivity index (χ1) is 15.1. The quantitative estimate of drug-likeness (QED) is 0.246. The van der Waals surface area contributed by atoms with Crippen LogP contribution in [0.2, 0.25) is 0 Å². The van der Waals surface area contributed by atoms with Gasteiger partial charge in [0.2, 0.25) is 11.7 Å². The lowest BCUT2D eigenvalue weighted by Gasteiger charge is -2.43. The van der Waals surface area contributed by atoms with Crippen LogP contribution in [0.1, 0.15) is 0 Å². The molecule has 0 aromatic carbocycles. The molecule has 0 rings (SSSR count). The fourth-order valence-electron chi connectivity index (χ4n) is 1.76. The summed E-state index contributed by atoms with van der Waals surface area (Å²) in [5.74, 6) is -82.6. The van der Waals surface area contributed by atoms with Gasteiger partial charge in [0.25, 0.3) is 0 Å². The van der Waals surface area contributed by atoms with Gasteiger partial charge in [-0.2, -0.15) is 101 Å². The van der Waals surface area contributed by atoms with Gasteiger partial charge < -0.3 is 0 Å². The molecule has 24 heteroatoms. The monoisotopic (exact) mass is 600 g/mol. The largest absolute Gasteiger partial charge is 0.460 e. The van der Waals surface area contributed by atoms with Crippen molar-refractivity contribution in [1.29, 1.82) is 0 Å². The van der Waals surface area contributed by atoms with Gasteiger partial charge in [-0.3, -0.25) is 0 Å². The molecule has 0 saturated carbocycles. The van der Waals surface area contributed by atoms with E-state index >= 15 is 0 Å². The van der Waals surface area contributed by atoms with E-state index in [1.54, 1.807) is 0 Å². The molecule has 0 aromatic rings. The van der Waals surface area contributed by atoms with Crippen molar-refractivity contribution in [2.45, 2.75) is 59.7 Å². The van der Waals surface area contributed by atoms with Crippen molar-refractivity contribution in [3.8, 4) is 0 Å². The maximum absolute atomic E-state index is 13.3. The molecule has 36 heavy (non-hydrogen) atoms. The highest BCUT2D eigenvalue weighted by Crippen LogP contribution is 2.65. The highest BCUT2D eigenvalue weighted by molar-refractivity contribution is 5.23. The lowest BCUT2D eigenvalue weighted by Crippen LogP contribution is -2.75. The zero-order valence-electron chi connectivity index (χ0n) is 15.1. The van der Waals surface area contributed by atoms with Gasteiger partial charge in [-0.25, -0.2) is 4.39 Å². The summed E-state index contributed by atoms with van der Waals surface area (Å²) < 4.78 is 306. The molecular weight excluding hydrogens is 600 g/mol. The van der Waals surface area contributed by atoms with E-state index in [-0.39, 0.29) is 0 Å². The molecule has 0 unspecified atom stereocenters. The topological polar surface area (TPSA) is 0 Å². The second-order valence-corrected chi connectivity index (χ2v) is 6.22. The average molecular weight is 600 g/mol. The molecule has 216 valence electrons. The smallest absolute Gasteiger partial charge is 0.202 e. The van der Waals surface area contributed by atoms with Gasteiger partial charge in [-0.05, 0) is 0 Å². The zero-order chi connectivity index (χ0) is 30.2. The highest BCUT2D eigenvalue weighted by Gasteiger charge is 2.97. The van der Waals surface area contributed by atoms with Crippen molar-refractivity contribution in [3.05, 3.63) is 11.7 Å². The summed E-state index contributed by atoms with van der Waals surface area (Å²) in [7, 11) is 0. The third-order valence-electron chi connectivity index (χ3n) is 3.83. The van der Waals surface area contributed by atoms with Crippen molar-refractivity contribution in [2.75, 3.05) is 0 Å². The van der Waals surface area contributed by atoms with Gasteiger partial charge in [0.15, 0.2) is 0 Å². The standard InChI is InChI=1S/C12F24/c13-1(2(14)4(17,18)19)3(15,16)5(20,21)6(22,23)7(24,25)8(26,27)9(28,29)10(30,31)11(32,33)12(34,35)36. The molecule has 0 amide bonds. The number of hydrogen-bond acceptors (Lipinski definition) is 0. The molecule has 0 nitrogen and oxygen atoms in total. The summed E-state index contributed by atoms with van der Waals surface area (Å²) in [4.78, 5) is 0. The minimum atomic E-state index is -9.35. The molecule has 0 radical (unpaired) electrons. The Labute approximate surface area is 178 Å². The fraction of sp³-hybridized carbons (Fsp3) is 0.833. The summed E-state index contributed by atoms with van der Waals surface area (Å²) >= 11 is 0. The zero-order valence-corrected chi connectivity index (χ0v) is 15.1. The third kappa shape index (κ3) is 4.18. The van der Waals surface area contributed by atoms with E-state index in [1.165, 1.54) is 0 Å². The average Bonchev–Trinajstić information content (AvgIpc) is 2.63. The maximum atomic E-state index is 13.3. The molecule has 0 aliphatic rings. The number of allylic oxidation sites excluding steroid dienone is 2. The maximum Gasteiger partial charge on any atom is 0.460 e. The van der Waals surface area contributed by atoms with Crippen molar-refractivity contribution < 1.29 is 105 Å². The number of hydrogen-bond donors (Lipinski definition) is 0. The molecule has 0 aliphatic heterocycles. The summed E-state index contributed by atoms with van der Waals surface area (Å²) in [6, 6.07) is 0. The van der Waals surface area contributed by atoms with E-state index in [0.717, 1.165) is 0 Å². The number of alkyl halides is 22. The summed E-state index contributed by atoms with van der Waals surface area (Å²) in [6.45, 7) is 0. The molecule has 0 heterocycles. The Morgan fingerprint density at radius 2 is 0.500 bits per heavy atom. The van der Waals surface area contributed by atoms with Crippen LogP contribution >= 0.6 is 0 Å². The second kappa shape index (κ2) is 8.28. The minimum Gasteiger partial charge on any atom is -0.202 e. The molecule has 0 spiro atoms. The van der Waals surface area contributed by atoms with Gasteiger partial charge in [-0.1, -0.05) is 0 Å². The molecule has 0 saturated heterocycles. The van der Waals surface area contributed by atoms with Crippen LogP contribution in [0.3, 0.4) is 0 Å². The first-order valence-corrected chi connectivity index (χ1v) is 7.29. The highest BCUT2D eigenvalue weighted by atomic mass is 19.4. The van der Waals surface area contributed by atoms with E-state index in [0.29, 0.717) is 0 Å². The molecule has 0 aliphatic carbocycles. The number of rotatable bonds is 8. The van der Waals surface area contributed by atoms with Crippen LogP contribution in [-0.4, -0.2) is 59.7 Å². The van der Waals surface area contributed by atoms with Crippen molar-refractivity contribution in [1.82, 2.24) is 0 Å². The normalized spacial score (nSPS) is 17.3. The molecule has 0 aromatic heterocycles. The first kappa shape index (κ1) is 34.1. The van der Waals surface area contributed by atoms with Gasteiger partial charge in [0.05, 0.1) is 0 Å². The van der Waals surface area contributed by atoms with Gasteiger partial charge >= 0.3 is 59.7 Å². The van der Waals surface area contributed by atoms with E-state index in [2.05, 4.69) is 0 Å². The summed E-state index contributed by atoms with van der Waals surface area (Å²) in [5.41, 5.74) is 0. The Morgan fingerprint density at radius 1 is 0.278 bits per heavy atom. The number of halogens is 24. The molecule has 0 bridgehead atoms. The van der Waals surface area contributed by atoms with Crippen LogP contribution in [0.15, 0.2) is 11.7 Å². The van der Waals surface area contributed by atoms with Crippen molar-refractivity contribution in [2.24, 2.45) is 0 Å². The molecule has 0 atom stereocenters. The first-order valence-electron chi connectivity index (χ1n) is 7.29. The lowest BCUT2D eigenvalue weighted by molar-refractivity contribution is -0.467. The Hall–Kier alpha value is -1.94. The van der Waals surface area contributed by atoms with Crippen LogP contribution in [0.5, 0.6) is 0 Å². The Bertz CT molecular complexity index is 847. The Kier molecular flexibility index (Phi) is 7.83. The van der Waals surface area contributed by atoms with E-state index in [1.807, 2.05) is 0 Å². The van der Waals surface area contributed by atoms with Crippen LogP contribution < -0.4 is 0 Å². The van der Waals surface area contributed by atoms with Crippen LogP contribution in [0.25, 0.3) is 0 Å². The predicted molar refractivity (Wildman–Crippen MR) is 60.9 cm³/mol. The Balaban J connectivity index is 7.18. The fourth-order valence-corrected chi connectivity index (χ4v) is 1.76. The van der Waals surface area contributed by atoms with Gasteiger partial charge in [-0.15, -0.1) is 0 Å². The third-order valence-corrected chi connectivity index (χ3v) is 3.83. The lowest BCUT2D eigenvalue weighted by atomic mass is 9.87. The van der Waals surface area contributed by atoms with Crippen LogP contribution in [0.4, 0.5) is 105 Å². The van der Waals surface area contributed by atoms with Crippen LogP contribution in [0, 0.1) is 0 Å². The van der Waals surface area contributed by atoms with E-state index in [4.69, 9.17) is 0 Å². The van der Waals surface area contributed by atoms with Crippen LogP contribution in [-0.2, 0) is 0 Å². The van der Waals surface area contributed by atoms with Gasteiger partial charge in [0, 0.05) is 0 Å². The van der Waals surface area contributed by atoms with Gasteiger partial charge in [0.1, 0.15) is 0 Å². The molecule has 0 fully saturated rings. The van der Waals surface area contributed by atoms with E-state index < -0.39 is 71.4 Å². The van der Waals surface area contributed by atoms with Crippen molar-refractivity contribution >= 4 is 0 Å². The SMILES string of the molecule is FC(=C(F)C(F)(F)C(F)(F)C(F)(F)C(F)(F)C(F)(F)C(F)(F)C(F)(F)C(F)(F)C(F)(F)F)C(F)(F)F. The predicted octanol–water partition coefficient (Wildman–Crippen LogP) is 8.34. The molecular formula is C12F24. The molecule has 0 N–H and O–H groups in total. The van der Waals surface area contributed by atoms with Crippen molar-refractivity contribution in [3.63, 3.8) is 0 Å².